The summed E-state index contributed by atoms with van der Waals surface area (Å²) in [5.41, 5.74) is 3.38. The zero-order valence-electron chi connectivity index (χ0n) is 16.0. The summed E-state index contributed by atoms with van der Waals surface area (Å²) < 4.78 is 2.01. The molecule has 2 aromatic rings. The van der Waals surface area contributed by atoms with E-state index in [4.69, 9.17) is 0 Å². The predicted octanol–water partition coefficient (Wildman–Crippen LogP) is 1.97. The molecule has 0 N–H and O–H groups in total. The lowest BCUT2D eigenvalue weighted by Crippen LogP contribution is -2.54. The van der Waals surface area contributed by atoms with E-state index in [1.165, 1.54) is 5.56 Å². The Labute approximate surface area is 159 Å². The van der Waals surface area contributed by atoms with Crippen molar-refractivity contribution in [3.8, 4) is 0 Å². The number of likely N-dealkylation sites (tertiary alicyclic amines) is 2. The number of carbonyl (C=O) groups is 2. The summed E-state index contributed by atoms with van der Waals surface area (Å²) in [5, 5.41) is 4.51. The quantitative estimate of drug-likeness (QED) is 0.813. The highest BCUT2D eigenvalue weighted by atomic mass is 16.2. The van der Waals surface area contributed by atoms with Crippen LogP contribution in [0.3, 0.4) is 0 Å². The maximum atomic E-state index is 12.6. The molecule has 0 saturated carbocycles. The van der Waals surface area contributed by atoms with Gasteiger partial charge in [0, 0.05) is 31.7 Å². The van der Waals surface area contributed by atoms with Crippen LogP contribution in [0, 0.1) is 19.8 Å². The van der Waals surface area contributed by atoms with Crippen molar-refractivity contribution >= 4 is 11.8 Å². The summed E-state index contributed by atoms with van der Waals surface area (Å²) in [6, 6.07) is 12.5. The smallest absolute Gasteiger partial charge is 0.242 e. The second-order valence-electron chi connectivity index (χ2n) is 7.86. The van der Waals surface area contributed by atoms with E-state index in [2.05, 4.69) is 23.3 Å². The molecular weight excluding hydrogens is 340 g/mol. The van der Waals surface area contributed by atoms with Crippen molar-refractivity contribution < 1.29 is 9.59 Å². The Hall–Kier alpha value is -2.63. The zero-order valence-corrected chi connectivity index (χ0v) is 16.0. The molecule has 2 fully saturated rings. The SMILES string of the molecule is Cc1cc(C)n(C2CN(C(=O)CN3C[C@@H](Cc4ccccc4)CC3=O)C2)n1. The fraction of sp³-hybridized carbons (Fsp3) is 0.476. The van der Waals surface area contributed by atoms with Crippen LogP contribution in [0.1, 0.15) is 29.4 Å². The van der Waals surface area contributed by atoms with Crippen LogP contribution in [-0.4, -0.2) is 57.6 Å². The van der Waals surface area contributed by atoms with E-state index in [9.17, 15) is 9.59 Å². The molecule has 142 valence electrons. The minimum Gasteiger partial charge on any atom is -0.337 e. The van der Waals surface area contributed by atoms with Crippen LogP contribution in [0.4, 0.5) is 0 Å². The van der Waals surface area contributed by atoms with Crippen molar-refractivity contribution in [2.24, 2.45) is 5.92 Å². The van der Waals surface area contributed by atoms with Crippen molar-refractivity contribution in [3.05, 3.63) is 53.3 Å². The van der Waals surface area contributed by atoms with Gasteiger partial charge in [0.1, 0.15) is 0 Å². The molecule has 0 spiro atoms. The van der Waals surface area contributed by atoms with Gasteiger partial charge in [-0.1, -0.05) is 30.3 Å². The number of nitrogens with zero attached hydrogens (tertiary/aromatic N) is 4. The van der Waals surface area contributed by atoms with E-state index in [1.807, 2.05) is 41.6 Å². The maximum absolute atomic E-state index is 12.6. The van der Waals surface area contributed by atoms with Crippen molar-refractivity contribution in [3.63, 3.8) is 0 Å². The van der Waals surface area contributed by atoms with Gasteiger partial charge in [-0.3, -0.25) is 14.3 Å². The maximum Gasteiger partial charge on any atom is 0.242 e. The van der Waals surface area contributed by atoms with Gasteiger partial charge >= 0.3 is 0 Å². The second-order valence-corrected chi connectivity index (χ2v) is 7.86. The number of rotatable bonds is 5. The lowest BCUT2D eigenvalue weighted by Gasteiger charge is -2.40. The van der Waals surface area contributed by atoms with Gasteiger partial charge in [-0.15, -0.1) is 0 Å². The molecule has 1 aromatic carbocycles. The van der Waals surface area contributed by atoms with Crippen LogP contribution >= 0.6 is 0 Å². The van der Waals surface area contributed by atoms with Crippen molar-refractivity contribution in [1.82, 2.24) is 19.6 Å². The third-order valence-electron chi connectivity index (χ3n) is 5.59. The Morgan fingerprint density at radius 1 is 1.15 bits per heavy atom. The summed E-state index contributed by atoms with van der Waals surface area (Å²) >= 11 is 0. The van der Waals surface area contributed by atoms with E-state index in [-0.39, 0.29) is 24.4 Å². The molecule has 1 aromatic heterocycles. The topological polar surface area (TPSA) is 58.4 Å². The Bertz CT molecular complexity index is 839. The Balaban J connectivity index is 1.28. The zero-order chi connectivity index (χ0) is 19.0. The van der Waals surface area contributed by atoms with Crippen LogP contribution in [0.15, 0.2) is 36.4 Å². The van der Waals surface area contributed by atoms with E-state index in [1.54, 1.807) is 4.90 Å². The average Bonchev–Trinajstić information content (AvgIpc) is 3.09. The summed E-state index contributed by atoms with van der Waals surface area (Å²) in [4.78, 5) is 28.4. The molecule has 2 aliphatic heterocycles. The summed E-state index contributed by atoms with van der Waals surface area (Å²) in [7, 11) is 0. The molecule has 0 radical (unpaired) electrons. The lowest BCUT2D eigenvalue weighted by molar-refractivity contribution is -0.142. The second kappa shape index (κ2) is 7.18. The van der Waals surface area contributed by atoms with E-state index in [0.717, 1.165) is 17.8 Å². The number of hydrogen-bond donors (Lipinski definition) is 0. The van der Waals surface area contributed by atoms with Gasteiger partial charge in [-0.25, -0.2) is 0 Å². The third kappa shape index (κ3) is 3.75. The molecule has 0 aliphatic carbocycles. The first kappa shape index (κ1) is 17.8. The van der Waals surface area contributed by atoms with Gasteiger partial charge in [-0.05, 0) is 37.8 Å². The van der Waals surface area contributed by atoms with Gasteiger partial charge in [-0.2, -0.15) is 5.10 Å². The molecule has 4 rings (SSSR count). The first-order valence-corrected chi connectivity index (χ1v) is 9.62. The molecule has 6 heteroatoms. The number of aryl methyl sites for hydroxylation is 2. The standard InChI is InChI=1S/C21H26N4O2/c1-15-8-16(2)25(22-15)19-12-24(13-19)21(27)14-23-11-18(10-20(23)26)9-17-6-4-3-5-7-17/h3-8,18-19H,9-14H2,1-2H3/t18-/m0/s1. The van der Waals surface area contributed by atoms with Gasteiger partial charge in [0.15, 0.2) is 0 Å². The van der Waals surface area contributed by atoms with Crippen LogP contribution < -0.4 is 0 Å². The van der Waals surface area contributed by atoms with Gasteiger partial charge < -0.3 is 9.80 Å². The Morgan fingerprint density at radius 3 is 2.56 bits per heavy atom. The predicted molar refractivity (Wildman–Crippen MR) is 102 cm³/mol. The molecule has 6 nitrogen and oxygen atoms in total. The molecule has 3 heterocycles. The number of benzene rings is 1. The summed E-state index contributed by atoms with van der Waals surface area (Å²) in [6.45, 7) is 6.25. The molecule has 2 saturated heterocycles. The minimum atomic E-state index is 0.0430. The van der Waals surface area contributed by atoms with E-state index >= 15 is 0 Å². The van der Waals surface area contributed by atoms with E-state index < -0.39 is 0 Å². The van der Waals surface area contributed by atoms with Gasteiger partial charge in [0.25, 0.3) is 0 Å². The summed E-state index contributed by atoms with van der Waals surface area (Å²) in [5.74, 6) is 0.438. The van der Waals surface area contributed by atoms with Crippen LogP contribution in [0.5, 0.6) is 0 Å². The third-order valence-corrected chi connectivity index (χ3v) is 5.59. The molecule has 27 heavy (non-hydrogen) atoms. The monoisotopic (exact) mass is 366 g/mol. The highest BCUT2D eigenvalue weighted by Gasteiger charge is 2.36. The number of amides is 2. The fourth-order valence-corrected chi connectivity index (χ4v) is 4.18. The molecule has 2 amide bonds. The summed E-state index contributed by atoms with van der Waals surface area (Å²) in [6.07, 6.45) is 1.43. The molecular formula is C21H26N4O2. The van der Waals surface area contributed by atoms with Gasteiger partial charge in [0.2, 0.25) is 11.8 Å². The Morgan fingerprint density at radius 2 is 1.89 bits per heavy atom. The molecule has 1 atom stereocenters. The van der Waals surface area contributed by atoms with E-state index in [0.29, 0.717) is 32.0 Å². The van der Waals surface area contributed by atoms with Crippen LogP contribution in [0.25, 0.3) is 0 Å². The van der Waals surface area contributed by atoms with Crippen molar-refractivity contribution in [2.45, 2.75) is 32.7 Å². The number of carbonyl (C=O) groups excluding carboxylic acids is 2. The Kier molecular flexibility index (Phi) is 4.72. The number of hydrogen-bond acceptors (Lipinski definition) is 3. The lowest BCUT2D eigenvalue weighted by atomic mass is 9.99. The average molecular weight is 366 g/mol. The van der Waals surface area contributed by atoms with Crippen molar-refractivity contribution in [2.75, 3.05) is 26.2 Å². The van der Waals surface area contributed by atoms with Crippen LogP contribution in [0.2, 0.25) is 0 Å². The highest BCUT2D eigenvalue weighted by Crippen LogP contribution is 2.25. The normalized spacial score (nSPS) is 20.2. The number of aromatic nitrogens is 2. The van der Waals surface area contributed by atoms with Gasteiger partial charge in [0.05, 0.1) is 18.3 Å². The molecule has 2 aliphatic rings. The first-order chi connectivity index (χ1) is 13.0. The molecule has 0 unspecified atom stereocenters. The fourth-order valence-electron chi connectivity index (χ4n) is 4.18. The van der Waals surface area contributed by atoms with Crippen LogP contribution in [-0.2, 0) is 16.0 Å². The molecule has 0 bridgehead atoms. The first-order valence-electron chi connectivity index (χ1n) is 9.62. The van der Waals surface area contributed by atoms with Crippen molar-refractivity contribution in [1.29, 1.82) is 0 Å². The largest absolute Gasteiger partial charge is 0.337 e. The minimum absolute atomic E-state index is 0.0430. The highest BCUT2D eigenvalue weighted by molar-refractivity contribution is 5.86.